The van der Waals surface area contributed by atoms with Crippen LogP contribution in [0.3, 0.4) is 0 Å². The van der Waals surface area contributed by atoms with E-state index in [1.54, 1.807) is 38.1 Å². The predicted molar refractivity (Wildman–Crippen MR) is 106 cm³/mol. The smallest absolute Gasteiger partial charge is 0.351 e. The lowest BCUT2D eigenvalue weighted by Crippen LogP contribution is -2.32. The van der Waals surface area contributed by atoms with Gasteiger partial charge in [0.25, 0.3) is 5.56 Å². The van der Waals surface area contributed by atoms with Gasteiger partial charge in [0, 0.05) is 18.4 Å². The number of thiazole rings is 1. The Kier molecular flexibility index (Phi) is 7.80. The molecule has 148 valence electrons. The molecule has 1 aromatic carbocycles. The molecule has 9 heteroatoms. The van der Waals surface area contributed by atoms with E-state index >= 15 is 0 Å². The number of aromatic nitrogens is 1. The molecule has 0 radical (unpaired) electrons. The molecular formula is C19H21N3O5S. The molecule has 0 saturated carbocycles. The van der Waals surface area contributed by atoms with Gasteiger partial charge in [0.15, 0.2) is 5.57 Å². The van der Waals surface area contributed by atoms with Crippen LogP contribution in [0.5, 0.6) is 5.75 Å². The minimum Gasteiger partial charge on any atom is -0.491 e. The van der Waals surface area contributed by atoms with Crippen LogP contribution in [-0.4, -0.2) is 35.5 Å². The molecule has 0 fully saturated rings. The topological polar surface area (TPSA) is 114 Å². The number of nitriles is 1. The highest BCUT2D eigenvalue weighted by atomic mass is 32.1. The van der Waals surface area contributed by atoms with Crippen LogP contribution in [0.4, 0.5) is 5.69 Å². The first-order valence-corrected chi connectivity index (χ1v) is 9.48. The number of hydrogen-bond donors (Lipinski definition) is 2. The number of nitrogens with one attached hydrogen (secondary N) is 1. The monoisotopic (exact) mass is 403 g/mol. The molecule has 0 aliphatic heterocycles. The first kappa shape index (κ1) is 21.2. The lowest BCUT2D eigenvalue weighted by atomic mass is 10.3. The number of aliphatic hydroxyl groups excluding tert-OH is 1. The van der Waals surface area contributed by atoms with Crippen LogP contribution >= 0.6 is 11.3 Å². The quantitative estimate of drug-likeness (QED) is 0.613. The third-order valence-electron chi connectivity index (χ3n) is 3.61. The fourth-order valence-corrected chi connectivity index (χ4v) is 3.41. The molecule has 0 aliphatic carbocycles. The van der Waals surface area contributed by atoms with E-state index < -0.39 is 5.97 Å². The van der Waals surface area contributed by atoms with Gasteiger partial charge in [-0.15, -0.1) is 11.3 Å². The van der Waals surface area contributed by atoms with Gasteiger partial charge in [0.05, 0.1) is 13.2 Å². The van der Waals surface area contributed by atoms with Crippen LogP contribution < -0.4 is 24.8 Å². The third-order valence-corrected chi connectivity index (χ3v) is 4.74. The summed E-state index contributed by atoms with van der Waals surface area (Å²) in [6.45, 7) is 4.03. The maximum Gasteiger partial charge on any atom is 0.351 e. The number of ether oxygens (including phenoxy) is 2. The number of esters is 1. The number of nitrogens with zero attached hydrogens (tertiary/aromatic N) is 2. The van der Waals surface area contributed by atoms with E-state index in [1.165, 1.54) is 10.8 Å². The Morgan fingerprint density at radius 3 is 2.64 bits per heavy atom. The fourth-order valence-electron chi connectivity index (χ4n) is 2.34. The van der Waals surface area contributed by atoms with Crippen molar-refractivity contribution >= 4 is 34.8 Å². The van der Waals surface area contributed by atoms with E-state index in [1.807, 2.05) is 6.07 Å². The Hall–Kier alpha value is -3.09. The maximum atomic E-state index is 12.6. The summed E-state index contributed by atoms with van der Waals surface area (Å²) >= 11 is 1.05. The standard InChI is InChI=1S/C19H21N3O5S/c1-3-22-17(24)16(28-18(22)15(11-20)19(25)26-4-2)12-21-13-5-7-14(8-6-13)27-10-9-23/h5-8,12,21,23H,3-4,9-10H2,1-2H3/b16-12+,18-15-. The van der Waals surface area contributed by atoms with Crippen molar-refractivity contribution in [3.8, 4) is 11.8 Å². The number of carbonyl (C=O) groups excluding carboxylic acids is 1. The van der Waals surface area contributed by atoms with Gasteiger partial charge in [-0.2, -0.15) is 5.26 Å². The van der Waals surface area contributed by atoms with Gasteiger partial charge in [-0.1, -0.05) is 0 Å². The van der Waals surface area contributed by atoms with Gasteiger partial charge in [-0.25, -0.2) is 4.79 Å². The third kappa shape index (κ3) is 5.00. The van der Waals surface area contributed by atoms with Crippen molar-refractivity contribution in [2.45, 2.75) is 20.4 Å². The molecule has 0 saturated heterocycles. The van der Waals surface area contributed by atoms with Crippen molar-refractivity contribution in [3.63, 3.8) is 0 Å². The summed E-state index contributed by atoms with van der Waals surface area (Å²) < 4.78 is 12.2. The summed E-state index contributed by atoms with van der Waals surface area (Å²) in [6, 6.07) is 8.84. The molecule has 2 N–H and O–H groups in total. The minimum atomic E-state index is -0.744. The van der Waals surface area contributed by atoms with Crippen molar-refractivity contribution in [3.05, 3.63) is 43.8 Å². The first-order valence-electron chi connectivity index (χ1n) is 8.67. The van der Waals surface area contributed by atoms with Crippen LogP contribution in [0.15, 0.2) is 29.1 Å². The normalized spacial score (nSPS) is 12.3. The highest BCUT2D eigenvalue weighted by molar-refractivity contribution is 7.07. The summed E-state index contributed by atoms with van der Waals surface area (Å²) in [5.74, 6) is -0.125. The number of carbonyl (C=O) groups is 1. The van der Waals surface area contributed by atoms with Gasteiger partial charge in [0.1, 0.15) is 27.6 Å². The van der Waals surface area contributed by atoms with Crippen LogP contribution in [0.1, 0.15) is 13.8 Å². The summed E-state index contributed by atoms with van der Waals surface area (Å²) in [7, 11) is 0. The molecule has 0 spiro atoms. The number of rotatable bonds is 8. The molecule has 0 atom stereocenters. The highest BCUT2D eigenvalue weighted by Gasteiger charge is 2.16. The summed E-state index contributed by atoms with van der Waals surface area (Å²) in [5.41, 5.74) is 0.245. The number of anilines is 1. The van der Waals surface area contributed by atoms with Gasteiger partial charge >= 0.3 is 5.97 Å². The largest absolute Gasteiger partial charge is 0.491 e. The van der Waals surface area contributed by atoms with Gasteiger partial charge in [0.2, 0.25) is 0 Å². The van der Waals surface area contributed by atoms with Crippen LogP contribution in [0.25, 0.3) is 11.8 Å². The van der Waals surface area contributed by atoms with E-state index in [0.29, 0.717) is 16.8 Å². The second kappa shape index (κ2) is 10.3. The number of hydrogen-bond acceptors (Lipinski definition) is 8. The molecule has 1 heterocycles. The molecule has 0 unspecified atom stereocenters. The lowest BCUT2D eigenvalue weighted by molar-refractivity contribution is -0.136. The zero-order valence-corrected chi connectivity index (χ0v) is 16.4. The zero-order valence-electron chi connectivity index (χ0n) is 15.6. The first-order chi connectivity index (χ1) is 13.5. The molecule has 0 amide bonds. The predicted octanol–water partition coefficient (Wildman–Crippen LogP) is 0.388. The Bertz CT molecular complexity index is 1030. The molecular weight excluding hydrogens is 382 g/mol. The summed E-state index contributed by atoms with van der Waals surface area (Å²) in [5, 5.41) is 21.1. The molecule has 0 aliphatic rings. The minimum absolute atomic E-state index is 0.0638. The molecule has 2 rings (SSSR count). The van der Waals surface area contributed by atoms with Crippen LogP contribution in [0.2, 0.25) is 0 Å². The van der Waals surface area contributed by atoms with Crippen LogP contribution in [0, 0.1) is 11.3 Å². The number of benzene rings is 1. The molecule has 0 bridgehead atoms. The summed E-state index contributed by atoms with van der Waals surface area (Å²) in [4.78, 5) is 24.6. The molecule has 28 heavy (non-hydrogen) atoms. The van der Waals surface area contributed by atoms with Gasteiger partial charge in [-0.05, 0) is 38.1 Å². The van der Waals surface area contributed by atoms with E-state index in [9.17, 15) is 14.9 Å². The van der Waals surface area contributed by atoms with Gasteiger partial charge in [-0.3, -0.25) is 9.36 Å². The average Bonchev–Trinajstić information content (AvgIpc) is 3.01. The van der Waals surface area contributed by atoms with E-state index in [0.717, 1.165) is 17.0 Å². The Morgan fingerprint density at radius 1 is 1.36 bits per heavy atom. The Labute approximate surface area is 165 Å². The van der Waals surface area contributed by atoms with Crippen LogP contribution in [-0.2, 0) is 16.1 Å². The second-order valence-corrected chi connectivity index (χ2v) is 6.44. The van der Waals surface area contributed by atoms with Crippen molar-refractivity contribution in [2.24, 2.45) is 0 Å². The SMILES string of the molecule is CCOC(=O)/C(C#N)=c1\s/c(=C/Nc2ccc(OCCO)cc2)c(=O)n1CC. The zero-order chi connectivity index (χ0) is 20.5. The molecule has 8 nitrogen and oxygen atoms in total. The maximum absolute atomic E-state index is 12.6. The van der Waals surface area contributed by atoms with E-state index in [4.69, 9.17) is 14.6 Å². The highest BCUT2D eigenvalue weighted by Crippen LogP contribution is 2.15. The lowest BCUT2D eigenvalue weighted by Gasteiger charge is -2.05. The molecule has 1 aromatic heterocycles. The Morgan fingerprint density at radius 2 is 2.07 bits per heavy atom. The fraction of sp³-hybridized carbons (Fsp3) is 0.316. The van der Waals surface area contributed by atoms with Crippen molar-refractivity contribution in [1.82, 2.24) is 4.57 Å². The Balaban J connectivity index is 2.39. The van der Waals surface area contributed by atoms with E-state index in [-0.39, 0.29) is 35.6 Å². The average molecular weight is 403 g/mol. The number of aliphatic hydroxyl groups is 1. The van der Waals surface area contributed by atoms with Gasteiger partial charge < -0.3 is 19.9 Å². The van der Waals surface area contributed by atoms with Crippen molar-refractivity contribution in [1.29, 1.82) is 5.26 Å². The van der Waals surface area contributed by atoms with E-state index in [2.05, 4.69) is 5.32 Å². The second-order valence-electron chi connectivity index (χ2n) is 5.41. The van der Waals surface area contributed by atoms with Crippen molar-refractivity contribution in [2.75, 3.05) is 25.1 Å². The van der Waals surface area contributed by atoms with Crippen molar-refractivity contribution < 1.29 is 19.4 Å². The molecule has 2 aromatic rings. The summed E-state index contributed by atoms with van der Waals surface area (Å²) in [6.07, 6.45) is 1.53.